The Morgan fingerprint density at radius 1 is 1.17 bits per heavy atom. The van der Waals surface area contributed by atoms with Crippen LogP contribution in [0.15, 0.2) is 24.3 Å². The van der Waals surface area contributed by atoms with Gasteiger partial charge in [-0.1, -0.05) is 37.8 Å². The van der Waals surface area contributed by atoms with Gasteiger partial charge < -0.3 is 4.74 Å². The second kappa shape index (κ2) is 5.48. The molecule has 0 aliphatic rings. The van der Waals surface area contributed by atoms with Crippen molar-refractivity contribution in [2.75, 3.05) is 7.11 Å². The molecule has 1 unspecified atom stereocenters. The van der Waals surface area contributed by atoms with E-state index in [1.54, 1.807) is 19.1 Å². The number of benzene rings is 1. The Bertz CT molecular complexity index is 460. The Morgan fingerprint density at radius 3 is 2.17 bits per heavy atom. The molecule has 0 amide bonds. The van der Waals surface area contributed by atoms with Crippen LogP contribution < -0.4 is 0 Å². The summed E-state index contributed by atoms with van der Waals surface area (Å²) in [5.41, 5.74) is 1.13. The summed E-state index contributed by atoms with van der Waals surface area (Å²) in [7, 11) is -0.380. The molecule has 0 saturated carbocycles. The maximum atomic E-state index is 11.9. The Kier molecular flexibility index (Phi) is 4.46. The summed E-state index contributed by atoms with van der Waals surface area (Å²) in [5.74, 6) is -0.263. The van der Waals surface area contributed by atoms with Crippen LogP contribution in [0.3, 0.4) is 0 Å². The van der Waals surface area contributed by atoms with Crippen molar-refractivity contribution in [3.63, 3.8) is 0 Å². The number of hydrogen-bond donors (Lipinski definition) is 0. The van der Waals surface area contributed by atoms with E-state index in [-0.39, 0.29) is 17.3 Å². The zero-order valence-corrected chi connectivity index (χ0v) is 12.6. The molecule has 18 heavy (non-hydrogen) atoms. The molecule has 0 heterocycles. The van der Waals surface area contributed by atoms with Gasteiger partial charge in [-0.25, -0.2) is 4.79 Å². The van der Waals surface area contributed by atoms with E-state index in [2.05, 4.69) is 19.6 Å². The van der Waals surface area contributed by atoms with Crippen LogP contribution in [0.2, 0.25) is 19.6 Å². The SMILES string of the molecule is COC(=O)c1ccccc1C(C(C)=O)[Si](C)(C)C. The zero-order valence-electron chi connectivity index (χ0n) is 11.6. The molecule has 4 heteroatoms. The van der Waals surface area contributed by atoms with Gasteiger partial charge in [0, 0.05) is 5.54 Å². The van der Waals surface area contributed by atoms with Crippen LogP contribution in [0.1, 0.15) is 28.4 Å². The van der Waals surface area contributed by atoms with E-state index in [4.69, 9.17) is 4.74 Å². The number of ketones is 1. The van der Waals surface area contributed by atoms with Crippen molar-refractivity contribution in [2.24, 2.45) is 0 Å². The molecule has 0 saturated heterocycles. The Morgan fingerprint density at radius 2 is 1.72 bits per heavy atom. The van der Waals surface area contributed by atoms with Gasteiger partial charge in [0.05, 0.1) is 20.7 Å². The Labute approximate surface area is 109 Å². The lowest BCUT2D eigenvalue weighted by molar-refractivity contribution is -0.116. The molecule has 1 aromatic carbocycles. The summed E-state index contributed by atoms with van der Waals surface area (Å²) in [5, 5.41) is 0. The van der Waals surface area contributed by atoms with Gasteiger partial charge in [0.25, 0.3) is 0 Å². The minimum absolute atomic E-state index is 0.116. The highest BCUT2D eigenvalue weighted by Crippen LogP contribution is 2.30. The van der Waals surface area contributed by atoms with Crippen molar-refractivity contribution in [1.82, 2.24) is 0 Å². The Hall–Kier alpha value is -1.42. The van der Waals surface area contributed by atoms with Crippen LogP contribution in [0.25, 0.3) is 0 Å². The highest BCUT2D eigenvalue weighted by molar-refractivity contribution is 6.80. The van der Waals surface area contributed by atoms with E-state index in [0.29, 0.717) is 5.56 Å². The number of rotatable bonds is 4. The van der Waals surface area contributed by atoms with Crippen LogP contribution in [0.5, 0.6) is 0 Å². The lowest BCUT2D eigenvalue weighted by atomic mass is 10.0. The lowest BCUT2D eigenvalue weighted by Crippen LogP contribution is -2.36. The number of ether oxygens (including phenoxy) is 1. The highest BCUT2D eigenvalue weighted by Gasteiger charge is 2.34. The first kappa shape index (κ1) is 14.6. The van der Waals surface area contributed by atoms with E-state index < -0.39 is 8.07 Å². The van der Waals surface area contributed by atoms with Crippen molar-refractivity contribution in [2.45, 2.75) is 32.1 Å². The molecule has 0 N–H and O–H groups in total. The zero-order chi connectivity index (χ0) is 13.9. The number of Topliss-reactive ketones (excluding diaryl/α,β-unsaturated/α-hetero) is 1. The van der Waals surface area contributed by atoms with Gasteiger partial charge in [0.15, 0.2) is 0 Å². The molecule has 0 aromatic heterocycles. The third-order valence-corrected chi connectivity index (χ3v) is 5.40. The van der Waals surface area contributed by atoms with Crippen molar-refractivity contribution < 1.29 is 14.3 Å². The third kappa shape index (κ3) is 3.07. The number of carbonyl (C=O) groups excluding carboxylic acids is 2. The maximum absolute atomic E-state index is 11.9. The van der Waals surface area contributed by atoms with Gasteiger partial charge in [-0.2, -0.15) is 0 Å². The first-order chi connectivity index (χ1) is 8.29. The maximum Gasteiger partial charge on any atom is 0.338 e. The summed E-state index contributed by atoms with van der Waals surface area (Å²) >= 11 is 0. The fraction of sp³-hybridized carbons (Fsp3) is 0.429. The van der Waals surface area contributed by atoms with Crippen molar-refractivity contribution in [1.29, 1.82) is 0 Å². The molecule has 0 radical (unpaired) electrons. The average molecular weight is 264 g/mol. The second-order valence-electron chi connectivity index (χ2n) is 5.49. The summed E-state index contributed by atoms with van der Waals surface area (Å²) in [6.45, 7) is 7.99. The molecule has 1 rings (SSSR count). The normalized spacial score (nSPS) is 12.9. The fourth-order valence-corrected chi connectivity index (χ4v) is 4.74. The number of esters is 1. The molecule has 1 atom stereocenters. The molecule has 0 fully saturated rings. The van der Waals surface area contributed by atoms with E-state index >= 15 is 0 Å². The molecule has 0 bridgehead atoms. The molecular weight excluding hydrogens is 244 g/mol. The standard InChI is InChI=1S/C14H20O3Si/c1-10(15)13(18(3,4)5)11-8-6-7-9-12(11)14(16)17-2/h6-9,13H,1-5H3. The van der Waals surface area contributed by atoms with Gasteiger partial charge in [0.2, 0.25) is 0 Å². The topological polar surface area (TPSA) is 43.4 Å². The van der Waals surface area contributed by atoms with Crippen LogP contribution in [0, 0.1) is 0 Å². The monoisotopic (exact) mass is 264 g/mol. The van der Waals surface area contributed by atoms with Gasteiger partial charge in [-0.15, -0.1) is 0 Å². The van der Waals surface area contributed by atoms with Gasteiger partial charge in [0.1, 0.15) is 5.78 Å². The molecule has 0 spiro atoms. The highest BCUT2D eigenvalue weighted by atomic mass is 28.3. The lowest BCUT2D eigenvalue weighted by Gasteiger charge is -2.28. The van der Waals surface area contributed by atoms with Crippen LogP contribution in [0.4, 0.5) is 0 Å². The van der Waals surface area contributed by atoms with Crippen LogP contribution in [-0.2, 0) is 9.53 Å². The van der Waals surface area contributed by atoms with E-state index in [0.717, 1.165) is 5.56 Å². The van der Waals surface area contributed by atoms with E-state index in [1.165, 1.54) is 7.11 Å². The minimum atomic E-state index is -1.74. The summed E-state index contributed by atoms with van der Waals surface area (Å²) in [6, 6.07) is 7.23. The average Bonchev–Trinajstić information content (AvgIpc) is 2.26. The summed E-state index contributed by atoms with van der Waals surface area (Å²) in [4.78, 5) is 23.7. The van der Waals surface area contributed by atoms with Crippen LogP contribution >= 0.6 is 0 Å². The quantitative estimate of drug-likeness (QED) is 0.620. The minimum Gasteiger partial charge on any atom is -0.465 e. The number of hydrogen-bond acceptors (Lipinski definition) is 3. The van der Waals surface area contributed by atoms with E-state index in [9.17, 15) is 9.59 Å². The first-order valence-electron chi connectivity index (χ1n) is 5.96. The number of carbonyl (C=O) groups is 2. The predicted molar refractivity (Wildman–Crippen MR) is 74.5 cm³/mol. The molecule has 0 aliphatic carbocycles. The van der Waals surface area contributed by atoms with Crippen molar-refractivity contribution in [3.8, 4) is 0 Å². The van der Waals surface area contributed by atoms with Gasteiger partial charge in [-0.3, -0.25) is 4.79 Å². The van der Waals surface area contributed by atoms with Crippen molar-refractivity contribution >= 4 is 19.8 Å². The molecular formula is C14H20O3Si. The molecule has 1 aromatic rings. The molecule has 3 nitrogen and oxygen atoms in total. The largest absolute Gasteiger partial charge is 0.465 e. The van der Waals surface area contributed by atoms with E-state index in [1.807, 2.05) is 12.1 Å². The third-order valence-electron chi connectivity index (χ3n) is 2.95. The summed E-state index contributed by atoms with van der Waals surface area (Å²) < 4.78 is 4.78. The second-order valence-corrected chi connectivity index (χ2v) is 10.8. The number of methoxy groups -OCH3 is 1. The fourth-order valence-electron chi connectivity index (χ4n) is 2.34. The van der Waals surface area contributed by atoms with Crippen LogP contribution in [-0.4, -0.2) is 26.9 Å². The Balaban J connectivity index is 3.38. The van der Waals surface area contributed by atoms with Gasteiger partial charge >= 0.3 is 5.97 Å². The molecule has 98 valence electrons. The van der Waals surface area contributed by atoms with Gasteiger partial charge in [-0.05, 0) is 18.6 Å². The predicted octanol–water partition coefficient (Wildman–Crippen LogP) is 3.02. The van der Waals surface area contributed by atoms with Crippen molar-refractivity contribution in [3.05, 3.63) is 35.4 Å². The first-order valence-corrected chi connectivity index (χ1v) is 9.54. The molecule has 0 aliphatic heterocycles. The smallest absolute Gasteiger partial charge is 0.338 e. The summed E-state index contributed by atoms with van der Waals surface area (Å²) in [6.07, 6.45) is 0.